The first kappa shape index (κ1) is 25.7. The monoisotopic (exact) mass is 506 g/mol. The van der Waals surface area contributed by atoms with E-state index in [0.29, 0.717) is 11.1 Å². The van der Waals surface area contributed by atoms with Crippen LogP contribution in [-0.2, 0) is 0 Å². The average molecular weight is 506 g/mol. The zero-order valence-corrected chi connectivity index (χ0v) is 20.0. The number of benzene rings is 4. The molecule has 0 N–H and O–H groups in total. The minimum Gasteiger partial charge on any atom is -0.491 e. The van der Waals surface area contributed by atoms with Gasteiger partial charge in [0.25, 0.3) is 0 Å². The standard InChI is InChI=1S/C30H22F4O3/c1-3-5-18-6-8-19(9-7-18)22-14-15-23(27(32)26(22)31)20-10-12-21(13-11-20)37-30(35)24-16-17-25(36-4-2)29(34)28(24)33/h3,5-17H,4H2,1-2H3/b5-3+. The fourth-order valence-electron chi connectivity index (χ4n) is 3.78. The van der Waals surface area contributed by atoms with E-state index < -0.39 is 34.8 Å². The van der Waals surface area contributed by atoms with Crippen molar-refractivity contribution in [3.63, 3.8) is 0 Å². The van der Waals surface area contributed by atoms with Crippen molar-refractivity contribution >= 4 is 12.0 Å². The maximum atomic E-state index is 15.0. The number of rotatable bonds is 7. The smallest absolute Gasteiger partial charge is 0.346 e. The zero-order valence-electron chi connectivity index (χ0n) is 20.0. The molecule has 0 aromatic heterocycles. The molecule has 0 aliphatic rings. The van der Waals surface area contributed by atoms with E-state index >= 15 is 0 Å². The summed E-state index contributed by atoms with van der Waals surface area (Å²) < 4.78 is 68.3. The lowest BCUT2D eigenvalue weighted by molar-refractivity contribution is 0.0728. The van der Waals surface area contributed by atoms with Gasteiger partial charge in [-0.25, -0.2) is 18.0 Å². The van der Waals surface area contributed by atoms with Gasteiger partial charge in [0.05, 0.1) is 12.2 Å². The van der Waals surface area contributed by atoms with Crippen LogP contribution in [0, 0.1) is 23.3 Å². The lowest BCUT2D eigenvalue weighted by Crippen LogP contribution is -2.12. The molecule has 0 amide bonds. The maximum absolute atomic E-state index is 15.0. The van der Waals surface area contributed by atoms with Crippen molar-refractivity contribution in [2.45, 2.75) is 13.8 Å². The molecule has 0 aliphatic carbocycles. The fraction of sp³-hybridized carbons (Fsp3) is 0.100. The van der Waals surface area contributed by atoms with E-state index in [0.717, 1.165) is 17.7 Å². The number of ether oxygens (including phenoxy) is 2. The van der Waals surface area contributed by atoms with Crippen molar-refractivity contribution in [2.75, 3.05) is 6.61 Å². The summed E-state index contributed by atoms with van der Waals surface area (Å²) in [5.74, 6) is -6.10. The predicted octanol–water partition coefficient (Wildman–Crippen LogP) is 8.23. The summed E-state index contributed by atoms with van der Waals surface area (Å²) in [6.07, 6.45) is 3.78. The van der Waals surface area contributed by atoms with Gasteiger partial charge in [-0.3, -0.25) is 0 Å². The fourth-order valence-corrected chi connectivity index (χ4v) is 3.78. The van der Waals surface area contributed by atoms with Crippen molar-refractivity contribution in [3.8, 4) is 33.8 Å². The summed E-state index contributed by atoms with van der Waals surface area (Å²) in [4.78, 5) is 12.4. The molecule has 3 nitrogen and oxygen atoms in total. The van der Waals surface area contributed by atoms with Gasteiger partial charge in [0.2, 0.25) is 5.82 Å². The summed E-state index contributed by atoms with van der Waals surface area (Å²) in [5, 5.41) is 0. The van der Waals surface area contributed by atoms with Gasteiger partial charge in [-0.15, -0.1) is 0 Å². The number of hydrogen-bond acceptors (Lipinski definition) is 3. The highest BCUT2D eigenvalue weighted by atomic mass is 19.2. The van der Waals surface area contributed by atoms with E-state index in [9.17, 15) is 22.4 Å². The highest BCUT2D eigenvalue weighted by molar-refractivity contribution is 5.91. The molecule has 4 rings (SSSR count). The molecule has 0 saturated heterocycles. The van der Waals surface area contributed by atoms with E-state index in [1.165, 1.54) is 36.4 Å². The number of hydrogen-bond donors (Lipinski definition) is 0. The number of halogens is 4. The number of allylic oxidation sites excluding steroid dienone is 1. The Labute approximate surface area is 211 Å². The Bertz CT molecular complexity index is 1460. The van der Waals surface area contributed by atoms with E-state index in [-0.39, 0.29) is 29.2 Å². The van der Waals surface area contributed by atoms with Gasteiger partial charge in [0.1, 0.15) is 5.75 Å². The first-order valence-electron chi connectivity index (χ1n) is 11.5. The maximum Gasteiger partial charge on any atom is 0.346 e. The van der Waals surface area contributed by atoms with Crippen LogP contribution in [0.15, 0.2) is 78.9 Å². The van der Waals surface area contributed by atoms with Gasteiger partial charge in [-0.05, 0) is 54.8 Å². The van der Waals surface area contributed by atoms with Crippen molar-refractivity contribution in [3.05, 3.63) is 113 Å². The van der Waals surface area contributed by atoms with Crippen LogP contribution >= 0.6 is 0 Å². The zero-order chi connectivity index (χ0) is 26.5. The SMILES string of the molecule is C/C=C/c1ccc(-c2ccc(-c3ccc(OC(=O)c4ccc(OCC)c(F)c4F)cc3)c(F)c2F)cc1. The summed E-state index contributed by atoms with van der Waals surface area (Å²) in [7, 11) is 0. The van der Waals surface area contributed by atoms with Gasteiger partial charge in [-0.2, -0.15) is 4.39 Å². The second kappa shape index (κ2) is 11.1. The van der Waals surface area contributed by atoms with Crippen LogP contribution in [0.4, 0.5) is 17.6 Å². The highest BCUT2D eigenvalue weighted by Gasteiger charge is 2.21. The molecule has 0 atom stereocenters. The molecule has 0 aliphatic heterocycles. The summed E-state index contributed by atoms with van der Waals surface area (Å²) in [6.45, 7) is 3.63. The Morgan fingerprint density at radius 1 is 0.730 bits per heavy atom. The molecular formula is C30H22F4O3. The van der Waals surface area contributed by atoms with Crippen LogP contribution in [0.25, 0.3) is 28.3 Å². The minimum atomic E-state index is -1.39. The lowest BCUT2D eigenvalue weighted by Gasteiger charge is -2.11. The van der Waals surface area contributed by atoms with Crippen LogP contribution in [0.1, 0.15) is 29.8 Å². The van der Waals surface area contributed by atoms with E-state index in [4.69, 9.17) is 9.47 Å². The Morgan fingerprint density at radius 2 is 1.30 bits per heavy atom. The van der Waals surface area contributed by atoms with Crippen LogP contribution in [-0.4, -0.2) is 12.6 Å². The van der Waals surface area contributed by atoms with Crippen molar-refractivity contribution in [1.29, 1.82) is 0 Å². The average Bonchev–Trinajstić information content (AvgIpc) is 2.90. The third kappa shape index (κ3) is 5.40. The van der Waals surface area contributed by atoms with Crippen LogP contribution in [0.3, 0.4) is 0 Å². The van der Waals surface area contributed by atoms with Crippen molar-refractivity contribution < 1.29 is 31.8 Å². The Hall–Kier alpha value is -4.39. The summed E-state index contributed by atoms with van der Waals surface area (Å²) in [5.41, 5.74) is 1.36. The predicted molar refractivity (Wildman–Crippen MR) is 134 cm³/mol. The molecule has 4 aromatic rings. The summed E-state index contributed by atoms with van der Waals surface area (Å²) in [6, 6.07) is 17.8. The minimum absolute atomic E-state index is 0.0150. The van der Waals surface area contributed by atoms with E-state index in [1.807, 2.05) is 31.2 Å². The molecule has 0 radical (unpaired) electrons. The molecule has 188 valence electrons. The molecule has 0 bridgehead atoms. The Kier molecular flexibility index (Phi) is 7.72. The van der Waals surface area contributed by atoms with Gasteiger partial charge in [0.15, 0.2) is 23.2 Å². The topological polar surface area (TPSA) is 35.5 Å². The molecule has 0 fully saturated rings. The van der Waals surface area contributed by atoms with Gasteiger partial charge >= 0.3 is 5.97 Å². The van der Waals surface area contributed by atoms with Gasteiger partial charge in [0, 0.05) is 11.1 Å². The molecule has 37 heavy (non-hydrogen) atoms. The van der Waals surface area contributed by atoms with E-state index in [2.05, 4.69) is 0 Å². The van der Waals surface area contributed by atoms with E-state index in [1.54, 1.807) is 19.1 Å². The molecule has 4 aromatic carbocycles. The number of esters is 1. The molecule has 0 unspecified atom stereocenters. The normalized spacial score (nSPS) is 11.1. The van der Waals surface area contributed by atoms with Crippen LogP contribution in [0.5, 0.6) is 11.5 Å². The van der Waals surface area contributed by atoms with Crippen molar-refractivity contribution in [1.82, 2.24) is 0 Å². The first-order valence-corrected chi connectivity index (χ1v) is 11.5. The molecule has 0 saturated carbocycles. The third-order valence-corrected chi connectivity index (χ3v) is 5.61. The van der Waals surface area contributed by atoms with Gasteiger partial charge in [-0.1, -0.05) is 60.7 Å². The number of carbonyl (C=O) groups excluding carboxylic acids is 1. The third-order valence-electron chi connectivity index (χ3n) is 5.61. The van der Waals surface area contributed by atoms with Crippen LogP contribution < -0.4 is 9.47 Å². The second-order valence-electron chi connectivity index (χ2n) is 8.00. The Balaban J connectivity index is 1.53. The summed E-state index contributed by atoms with van der Waals surface area (Å²) >= 11 is 0. The first-order chi connectivity index (χ1) is 17.8. The lowest BCUT2D eigenvalue weighted by atomic mass is 9.98. The number of carbonyl (C=O) groups is 1. The second-order valence-corrected chi connectivity index (χ2v) is 8.00. The Morgan fingerprint density at radius 3 is 1.84 bits per heavy atom. The quantitative estimate of drug-likeness (QED) is 0.144. The molecular weight excluding hydrogens is 484 g/mol. The molecule has 7 heteroatoms. The van der Waals surface area contributed by atoms with Crippen molar-refractivity contribution in [2.24, 2.45) is 0 Å². The van der Waals surface area contributed by atoms with Crippen LogP contribution in [0.2, 0.25) is 0 Å². The highest BCUT2D eigenvalue weighted by Crippen LogP contribution is 2.33. The molecule has 0 spiro atoms. The molecule has 0 heterocycles. The largest absolute Gasteiger partial charge is 0.491 e. The van der Waals surface area contributed by atoms with Gasteiger partial charge < -0.3 is 9.47 Å².